The number of nitrogens with zero attached hydrogens (tertiary/aromatic N) is 2. The van der Waals surface area contributed by atoms with Crippen molar-refractivity contribution in [2.75, 3.05) is 33.9 Å². The quantitative estimate of drug-likeness (QED) is 0.454. The molecular formula is C18H24F3N3O5S. The van der Waals surface area contributed by atoms with Gasteiger partial charge in [-0.2, -0.15) is 21.6 Å². The Hall–Kier alpha value is -2.34. The maximum atomic E-state index is 12.7. The van der Waals surface area contributed by atoms with Crippen molar-refractivity contribution in [3.8, 4) is 5.75 Å². The number of amides is 1. The summed E-state index contributed by atoms with van der Waals surface area (Å²) in [6.07, 6.45) is -2.30. The van der Waals surface area contributed by atoms with E-state index in [-0.39, 0.29) is 36.3 Å². The van der Waals surface area contributed by atoms with Crippen LogP contribution in [0.25, 0.3) is 0 Å². The van der Waals surface area contributed by atoms with Gasteiger partial charge in [0.05, 0.1) is 6.10 Å². The number of halogens is 3. The second kappa shape index (κ2) is 10.1. The smallest absolute Gasteiger partial charge is 0.471 e. The molecule has 0 aliphatic carbocycles. The van der Waals surface area contributed by atoms with Crippen LogP contribution in [-0.2, 0) is 26.0 Å². The summed E-state index contributed by atoms with van der Waals surface area (Å²) in [5.74, 6) is -1.98. The fourth-order valence-corrected chi connectivity index (χ4v) is 3.73. The molecule has 1 N–H and O–H groups in total. The second-order valence-corrected chi connectivity index (χ2v) is 8.49. The van der Waals surface area contributed by atoms with Gasteiger partial charge in [-0.25, -0.2) is 0 Å². The van der Waals surface area contributed by atoms with Crippen molar-refractivity contribution in [2.45, 2.75) is 36.4 Å². The molecule has 1 saturated heterocycles. The minimum atomic E-state index is -4.98. The molecule has 0 radical (unpaired) electrons. The average molecular weight is 451 g/mol. The molecule has 0 bridgehead atoms. The molecule has 1 atom stereocenters. The molecule has 0 saturated carbocycles. The highest BCUT2D eigenvalue weighted by Crippen LogP contribution is 2.28. The van der Waals surface area contributed by atoms with E-state index in [9.17, 15) is 26.4 Å². The van der Waals surface area contributed by atoms with Crippen LogP contribution in [0.2, 0.25) is 0 Å². The number of hydrogen-bond donors (Lipinski definition) is 1. The summed E-state index contributed by atoms with van der Waals surface area (Å²) in [4.78, 5) is 12.1. The lowest BCUT2D eigenvalue weighted by atomic mass is 10.1. The van der Waals surface area contributed by atoms with E-state index in [0.717, 1.165) is 19.2 Å². The number of ether oxygens (including phenoxy) is 2. The number of hydrogen-bond acceptors (Lipinski definition) is 5. The molecule has 1 amide bonds. The monoisotopic (exact) mass is 451 g/mol. The van der Waals surface area contributed by atoms with Gasteiger partial charge in [0, 0.05) is 27.2 Å². The topological polar surface area (TPSA) is 97.3 Å². The first-order valence-corrected chi connectivity index (χ1v) is 10.6. The van der Waals surface area contributed by atoms with Gasteiger partial charge in [-0.1, -0.05) is 6.07 Å². The highest BCUT2D eigenvalue weighted by molar-refractivity contribution is 7.90. The summed E-state index contributed by atoms with van der Waals surface area (Å²) in [6.45, 7) is 0.477. The van der Waals surface area contributed by atoms with Crippen LogP contribution in [0.4, 0.5) is 13.2 Å². The third kappa shape index (κ3) is 7.17. The number of carbonyl (C=O) groups excluding carboxylic acids is 1. The zero-order chi connectivity index (χ0) is 22.4. The minimum Gasteiger partial charge on any atom is -0.489 e. The lowest BCUT2D eigenvalue weighted by Gasteiger charge is -2.15. The number of alkyl halides is 3. The minimum absolute atomic E-state index is 0.00620. The van der Waals surface area contributed by atoms with E-state index in [4.69, 9.17) is 9.47 Å². The number of rotatable bonds is 9. The van der Waals surface area contributed by atoms with Crippen molar-refractivity contribution >= 4 is 22.3 Å². The Bertz CT molecular complexity index is 866. The molecule has 0 aromatic heterocycles. The van der Waals surface area contributed by atoms with E-state index < -0.39 is 22.1 Å². The van der Waals surface area contributed by atoms with Crippen molar-refractivity contribution in [1.82, 2.24) is 10.2 Å². The Morgan fingerprint density at radius 3 is 2.73 bits per heavy atom. The van der Waals surface area contributed by atoms with Crippen LogP contribution in [0.3, 0.4) is 0 Å². The van der Waals surface area contributed by atoms with Crippen LogP contribution in [0.5, 0.6) is 5.75 Å². The first-order valence-electron chi connectivity index (χ1n) is 9.18. The molecule has 8 nitrogen and oxygen atoms in total. The molecule has 2 rings (SSSR count). The predicted molar refractivity (Wildman–Crippen MR) is 103 cm³/mol. The molecule has 1 aliphatic rings. The van der Waals surface area contributed by atoms with Crippen molar-refractivity contribution in [2.24, 2.45) is 4.40 Å². The maximum Gasteiger partial charge on any atom is 0.471 e. The number of sulfonamides is 1. The molecule has 1 fully saturated rings. The zero-order valence-electron chi connectivity index (χ0n) is 16.6. The van der Waals surface area contributed by atoms with E-state index in [1.54, 1.807) is 19.4 Å². The van der Waals surface area contributed by atoms with Gasteiger partial charge in [0.25, 0.3) is 10.0 Å². The molecule has 0 spiro atoms. The third-order valence-corrected chi connectivity index (χ3v) is 5.35. The van der Waals surface area contributed by atoms with Crippen LogP contribution in [0, 0.1) is 0 Å². The highest BCUT2D eigenvalue weighted by Gasteiger charge is 2.38. The summed E-state index contributed by atoms with van der Waals surface area (Å²) >= 11 is 0. The largest absolute Gasteiger partial charge is 0.489 e. The van der Waals surface area contributed by atoms with E-state index in [2.05, 4.69) is 4.40 Å². The Morgan fingerprint density at radius 1 is 1.40 bits per heavy atom. The standard InChI is InChI=1S/C18H24F3N3O5S/c1-24(2)12-23-30(26,27)16-10-13(7-8-22-17(25)18(19,20)21)5-6-15(16)29-11-14-4-3-9-28-14/h5-6,10,12,14H,3-4,7-9,11H2,1-2H3,(H,22,25). The first kappa shape index (κ1) is 23.9. The second-order valence-electron chi connectivity index (χ2n) is 6.89. The molecular weight excluding hydrogens is 427 g/mol. The lowest BCUT2D eigenvalue weighted by Crippen LogP contribution is -2.37. The summed E-state index contributed by atoms with van der Waals surface area (Å²) in [5, 5.41) is 1.75. The van der Waals surface area contributed by atoms with Gasteiger partial charge in [-0.3, -0.25) is 4.79 Å². The van der Waals surface area contributed by atoms with Crippen LogP contribution < -0.4 is 10.1 Å². The van der Waals surface area contributed by atoms with Gasteiger partial charge < -0.3 is 19.7 Å². The molecule has 1 aromatic rings. The third-order valence-electron chi connectivity index (χ3n) is 4.11. The maximum absolute atomic E-state index is 12.7. The van der Waals surface area contributed by atoms with E-state index in [0.29, 0.717) is 12.2 Å². The summed E-state index contributed by atoms with van der Waals surface area (Å²) in [7, 11) is -0.915. The molecule has 1 heterocycles. The van der Waals surface area contributed by atoms with Gasteiger partial charge in [-0.15, -0.1) is 4.40 Å². The molecule has 30 heavy (non-hydrogen) atoms. The molecule has 12 heteroatoms. The predicted octanol–water partition coefficient (Wildman–Crippen LogP) is 1.74. The number of nitrogens with one attached hydrogen (secondary N) is 1. The summed E-state index contributed by atoms with van der Waals surface area (Å²) in [6, 6.07) is 4.24. The average Bonchev–Trinajstić information content (AvgIpc) is 3.18. The molecule has 1 unspecified atom stereocenters. The number of carbonyl (C=O) groups is 1. The van der Waals surface area contributed by atoms with Crippen molar-refractivity contribution in [3.63, 3.8) is 0 Å². The molecule has 1 aliphatic heterocycles. The van der Waals surface area contributed by atoms with E-state index in [1.807, 2.05) is 0 Å². The van der Waals surface area contributed by atoms with Gasteiger partial charge in [-0.05, 0) is 37.0 Å². The number of benzene rings is 1. The van der Waals surface area contributed by atoms with Crippen molar-refractivity contribution < 1.29 is 35.9 Å². The van der Waals surface area contributed by atoms with Crippen LogP contribution in [0.1, 0.15) is 18.4 Å². The summed E-state index contributed by atoms with van der Waals surface area (Å²) in [5.41, 5.74) is 0.403. The van der Waals surface area contributed by atoms with Gasteiger partial charge in [0.2, 0.25) is 0 Å². The normalized spacial score (nSPS) is 17.3. The first-order chi connectivity index (χ1) is 14.0. The van der Waals surface area contributed by atoms with Crippen molar-refractivity contribution in [3.05, 3.63) is 23.8 Å². The van der Waals surface area contributed by atoms with Gasteiger partial charge in [0.15, 0.2) is 0 Å². The zero-order valence-corrected chi connectivity index (χ0v) is 17.4. The summed E-state index contributed by atoms with van der Waals surface area (Å²) < 4.78 is 76.9. The fraction of sp³-hybridized carbons (Fsp3) is 0.556. The van der Waals surface area contributed by atoms with Gasteiger partial charge in [0.1, 0.15) is 23.6 Å². The van der Waals surface area contributed by atoms with Crippen molar-refractivity contribution in [1.29, 1.82) is 0 Å². The van der Waals surface area contributed by atoms with E-state index in [1.165, 1.54) is 23.1 Å². The van der Waals surface area contributed by atoms with Crippen LogP contribution in [-0.4, -0.2) is 71.7 Å². The Morgan fingerprint density at radius 2 is 2.13 bits per heavy atom. The van der Waals surface area contributed by atoms with Crippen LogP contribution >= 0.6 is 0 Å². The lowest BCUT2D eigenvalue weighted by molar-refractivity contribution is -0.173. The fourth-order valence-electron chi connectivity index (χ4n) is 2.62. The SMILES string of the molecule is CN(C)C=NS(=O)(=O)c1cc(CCNC(=O)C(F)(F)F)ccc1OCC1CCCO1. The Balaban J connectivity index is 2.19. The van der Waals surface area contributed by atoms with E-state index >= 15 is 0 Å². The Labute approximate surface area is 173 Å². The Kier molecular flexibility index (Phi) is 8.07. The molecule has 1 aromatic carbocycles. The van der Waals surface area contributed by atoms with Gasteiger partial charge >= 0.3 is 12.1 Å². The highest BCUT2D eigenvalue weighted by atomic mass is 32.2. The molecule has 168 valence electrons. The van der Waals surface area contributed by atoms with Crippen LogP contribution in [0.15, 0.2) is 27.5 Å².